The van der Waals surface area contributed by atoms with Crippen molar-refractivity contribution in [2.45, 2.75) is 13.8 Å². The maximum atomic E-state index is 11.6. The summed E-state index contributed by atoms with van der Waals surface area (Å²) in [5.41, 5.74) is 0.167. The van der Waals surface area contributed by atoms with Gasteiger partial charge in [-0.3, -0.25) is 9.59 Å². The molecule has 1 rings (SSSR count). The van der Waals surface area contributed by atoms with E-state index >= 15 is 0 Å². The quantitative estimate of drug-likeness (QED) is 0.422. The van der Waals surface area contributed by atoms with Gasteiger partial charge in [0.05, 0.1) is 12.7 Å². The molecule has 0 radical (unpaired) electrons. The first kappa shape index (κ1) is 17.3. The minimum atomic E-state index is -0.602. The Morgan fingerprint density at radius 1 is 0.864 bits per heavy atom. The van der Waals surface area contributed by atoms with Gasteiger partial charge in [-0.25, -0.2) is 4.79 Å². The number of esters is 3. The summed E-state index contributed by atoms with van der Waals surface area (Å²) < 4.78 is 24.2. The normalized spacial score (nSPS) is 9.59. The fraction of sp³-hybridized carbons (Fsp3) is 0.357. The lowest BCUT2D eigenvalue weighted by molar-refractivity contribution is -0.148. The summed E-state index contributed by atoms with van der Waals surface area (Å²) in [5, 5.41) is 0. The number of carbonyl (C=O) groups is 3. The molecular formula is C14H16O8. The van der Waals surface area contributed by atoms with Crippen molar-refractivity contribution in [3.8, 4) is 11.5 Å². The van der Waals surface area contributed by atoms with Gasteiger partial charge in [-0.2, -0.15) is 0 Å². The molecule has 0 aliphatic heterocycles. The Balaban J connectivity index is 2.82. The van der Waals surface area contributed by atoms with E-state index in [1.807, 2.05) is 0 Å². The van der Waals surface area contributed by atoms with Crippen molar-refractivity contribution < 1.29 is 38.1 Å². The molecule has 0 saturated carbocycles. The van der Waals surface area contributed by atoms with E-state index in [2.05, 4.69) is 14.2 Å². The minimum absolute atomic E-state index is 0.167. The first-order valence-electron chi connectivity index (χ1n) is 6.18. The second kappa shape index (κ2) is 8.50. The smallest absolute Gasteiger partial charge is 0.338 e. The van der Waals surface area contributed by atoms with E-state index in [-0.39, 0.29) is 30.6 Å². The van der Waals surface area contributed by atoms with Crippen LogP contribution in [0.2, 0.25) is 0 Å². The van der Waals surface area contributed by atoms with Gasteiger partial charge in [-0.1, -0.05) is 0 Å². The largest absolute Gasteiger partial charge is 0.465 e. The molecule has 0 N–H and O–H groups in total. The third kappa shape index (κ3) is 6.12. The van der Waals surface area contributed by atoms with Crippen LogP contribution in [0.3, 0.4) is 0 Å². The summed E-state index contributed by atoms with van der Waals surface area (Å²) in [6.07, 6.45) is 0. The van der Waals surface area contributed by atoms with Gasteiger partial charge in [0.2, 0.25) is 13.6 Å². The molecule has 0 unspecified atom stereocenters. The summed E-state index contributed by atoms with van der Waals surface area (Å²) in [4.78, 5) is 32.9. The predicted octanol–water partition coefficient (Wildman–Crippen LogP) is 1.27. The molecule has 0 spiro atoms. The average molecular weight is 312 g/mol. The van der Waals surface area contributed by atoms with E-state index < -0.39 is 17.9 Å². The Morgan fingerprint density at radius 3 is 1.68 bits per heavy atom. The van der Waals surface area contributed by atoms with Crippen LogP contribution >= 0.6 is 0 Å². The number of carbonyl (C=O) groups excluding carboxylic acids is 3. The first-order valence-corrected chi connectivity index (χ1v) is 6.18. The summed E-state index contributed by atoms with van der Waals surface area (Å²) in [5.74, 6) is -1.16. The van der Waals surface area contributed by atoms with Crippen molar-refractivity contribution in [2.24, 2.45) is 0 Å². The van der Waals surface area contributed by atoms with Gasteiger partial charge in [-0.05, 0) is 12.1 Å². The molecule has 0 heterocycles. The van der Waals surface area contributed by atoms with E-state index in [4.69, 9.17) is 9.47 Å². The van der Waals surface area contributed by atoms with Crippen molar-refractivity contribution in [1.29, 1.82) is 0 Å². The van der Waals surface area contributed by atoms with Gasteiger partial charge in [0.25, 0.3) is 0 Å². The van der Waals surface area contributed by atoms with Crippen molar-refractivity contribution in [3.05, 3.63) is 23.8 Å². The lowest BCUT2D eigenvalue weighted by Crippen LogP contribution is -2.10. The summed E-state index contributed by atoms with van der Waals surface area (Å²) >= 11 is 0. The second-order valence-corrected chi connectivity index (χ2v) is 3.98. The lowest BCUT2D eigenvalue weighted by Gasteiger charge is -2.11. The molecule has 0 aliphatic carbocycles. The second-order valence-electron chi connectivity index (χ2n) is 3.98. The molecule has 8 heteroatoms. The van der Waals surface area contributed by atoms with Crippen LogP contribution < -0.4 is 9.47 Å². The number of ether oxygens (including phenoxy) is 5. The van der Waals surface area contributed by atoms with Crippen molar-refractivity contribution in [1.82, 2.24) is 0 Å². The number of hydrogen-bond acceptors (Lipinski definition) is 8. The topological polar surface area (TPSA) is 97.4 Å². The molecule has 120 valence electrons. The van der Waals surface area contributed by atoms with Gasteiger partial charge in [0.15, 0.2) is 0 Å². The Bertz CT molecular complexity index is 514. The number of rotatable bonds is 7. The van der Waals surface area contributed by atoms with Crippen LogP contribution in [0, 0.1) is 0 Å². The first-order chi connectivity index (χ1) is 10.4. The Labute approximate surface area is 126 Å². The Hall–Kier alpha value is -2.77. The van der Waals surface area contributed by atoms with Crippen molar-refractivity contribution in [2.75, 3.05) is 20.7 Å². The highest BCUT2D eigenvalue weighted by molar-refractivity contribution is 5.90. The Morgan fingerprint density at radius 2 is 1.32 bits per heavy atom. The molecule has 0 atom stereocenters. The highest BCUT2D eigenvalue weighted by Gasteiger charge is 2.11. The zero-order valence-corrected chi connectivity index (χ0v) is 12.4. The monoisotopic (exact) mass is 312 g/mol. The van der Waals surface area contributed by atoms with Crippen molar-refractivity contribution in [3.63, 3.8) is 0 Å². The molecular weight excluding hydrogens is 296 g/mol. The summed E-state index contributed by atoms with van der Waals surface area (Å²) in [6, 6.07) is 4.24. The number of benzene rings is 1. The van der Waals surface area contributed by atoms with E-state index in [1.165, 1.54) is 39.2 Å². The van der Waals surface area contributed by atoms with Crippen LogP contribution in [0.4, 0.5) is 0 Å². The molecule has 0 saturated heterocycles. The van der Waals surface area contributed by atoms with Crippen LogP contribution in [0.15, 0.2) is 18.2 Å². The molecule has 22 heavy (non-hydrogen) atoms. The fourth-order valence-corrected chi connectivity index (χ4v) is 1.34. The zero-order valence-electron chi connectivity index (χ0n) is 12.4. The molecule has 0 bridgehead atoms. The van der Waals surface area contributed by atoms with Gasteiger partial charge in [0, 0.05) is 19.9 Å². The van der Waals surface area contributed by atoms with E-state index in [0.717, 1.165) is 0 Å². The SMILES string of the molecule is COC(=O)c1cc(OCOC(C)=O)cc(OCOC(C)=O)c1. The molecule has 0 aromatic heterocycles. The highest BCUT2D eigenvalue weighted by atomic mass is 16.7. The van der Waals surface area contributed by atoms with Gasteiger partial charge in [-0.15, -0.1) is 0 Å². The van der Waals surface area contributed by atoms with Crippen LogP contribution in [-0.2, 0) is 23.8 Å². The van der Waals surface area contributed by atoms with Crippen LogP contribution in [0.1, 0.15) is 24.2 Å². The van der Waals surface area contributed by atoms with Gasteiger partial charge < -0.3 is 23.7 Å². The summed E-state index contributed by atoms with van der Waals surface area (Å²) in [7, 11) is 1.23. The number of hydrogen-bond donors (Lipinski definition) is 0. The molecule has 1 aromatic carbocycles. The maximum Gasteiger partial charge on any atom is 0.338 e. The van der Waals surface area contributed by atoms with Crippen molar-refractivity contribution >= 4 is 17.9 Å². The molecule has 8 nitrogen and oxygen atoms in total. The number of methoxy groups -OCH3 is 1. The third-order valence-corrected chi connectivity index (χ3v) is 2.28. The van der Waals surface area contributed by atoms with E-state index in [9.17, 15) is 14.4 Å². The Kier molecular flexibility index (Phi) is 6.68. The highest BCUT2D eigenvalue weighted by Crippen LogP contribution is 2.23. The standard InChI is InChI=1S/C14H16O8/c1-9(15)19-7-21-12-4-11(14(17)18-3)5-13(6-12)22-8-20-10(2)16/h4-6H,7-8H2,1-3H3. The van der Waals surface area contributed by atoms with Crippen LogP contribution in [0.5, 0.6) is 11.5 Å². The molecule has 1 aromatic rings. The van der Waals surface area contributed by atoms with E-state index in [1.54, 1.807) is 0 Å². The maximum absolute atomic E-state index is 11.6. The van der Waals surface area contributed by atoms with Crippen LogP contribution in [0.25, 0.3) is 0 Å². The molecule has 0 aliphatic rings. The predicted molar refractivity (Wildman–Crippen MR) is 72.3 cm³/mol. The molecule has 0 fully saturated rings. The van der Waals surface area contributed by atoms with Crippen LogP contribution in [-0.4, -0.2) is 38.6 Å². The third-order valence-electron chi connectivity index (χ3n) is 2.28. The minimum Gasteiger partial charge on any atom is -0.465 e. The fourth-order valence-electron chi connectivity index (χ4n) is 1.34. The van der Waals surface area contributed by atoms with Gasteiger partial charge >= 0.3 is 17.9 Å². The zero-order chi connectivity index (χ0) is 16.5. The average Bonchev–Trinajstić information content (AvgIpc) is 2.45. The summed E-state index contributed by atoms with van der Waals surface area (Å²) in [6.45, 7) is 1.84. The lowest BCUT2D eigenvalue weighted by atomic mass is 10.2. The molecule has 0 amide bonds. The van der Waals surface area contributed by atoms with Gasteiger partial charge in [0.1, 0.15) is 11.5 Å². The van der Waals surface area contributed by atoms with E-state index in [0.29, 0.717) is 0 Å².